The molecule has 0 aromatic carbocycles. The number of nitrogens with zero attached hydrogens (tertiary/aromatic N) is 3. The number of ether oxygens (including phenoxy) is 1. The fourth-order valence-corrected chi connectivity index (χ4v) is 2.69. The first-order valence-corrected chi connectivity index (χ1v) is 6.72. The summed E-state index contributed by atoms with van der Waals surface area (Å²) in [5.74, 6) is -0.261. The Hall–Kier alpha value is -1.40. The lowest BCUT2D eigenvalue weighted by Gasteiger charge is -2.21. The molecular formula is C13H22N4O2. The number of carbonyl (C=O) groups excluding carboxylic acids is 1. The molecule has 1 aliphatic heterocycles. The van der Waals surface area contributed by atoms with Gasteiger partial charge in [0.15, 0.2) is 0 Å². The minimum absolute atomic E-state index is 0.105. The normalized spacial score (nSPS) is 23.9. The Morgan fingerprint density at radius 2 is 2.42 bits per heavy atom. The number of methoxy groups -OCH3 is 1. The van der Waals surface area contributed by atoms with Crippen LogP contribution in [-0.2, 0) is 22.5 Å². The predicted molar refractivity (Wildman–Crippen MR) is 71.6 cm³/mol. The summed E-state index contributed by atoms with van der Waals surface area (Å²) < 4.78 is 7.31. The third-order valence-electron chi connectivity index (χ3n) is 3.79. The van der Waals surface area contributed by atoms with Crippen LogP contribution in [0.25, 0.3) is 0 Å². The lowest BCUT2D eigenvalue weighted by atomic mass is 10.2. The van der Waals surface area contributed by atoms with Crippen molar-refractivity contribution in [3.63, 3.8) is 0 Å². The van der Waals surface area contributed by atoms with E-state index in [1.54, 1.807) is 7.11 Å². The third-order valence-corrected chi connectivity index (χ3v) is 3.79. The second-order valence-corrected chi connectivity index (χ2v) is 4.89. The fraction of sp³-hybridized carbons (Fsp3) is 0.692. The van der Waals surface area contributed by atoms with Gasteiger partial charge in [0, 0.05) is 45.1 Å². The maximum atomic E-state index is 11.5. The average molecular weight is 266 g/mol. The Kier molecular flexibility index (Phi) is 4.55. The molecule has 1 aromatic heterocycles. The van der Waals surface area contributed by atoms with Crippen LogP contribution in [0.15, 0.2) is 12.3 Å². The molecule has 0 saturated carbocycles. The molecule has 2 N–H and O–H groups in total. The van der Waals surface area contributed by atoms with E-state index in [0.717, 1.165) is 26.1 Å². The summed E-state index contributed by atoms with van der Waals surface area (Å²) in [6.07, 6.45) is 3.48. The molecule has 0 unspecified atom stereocenters. The van der Waals surface area contributed by atoms with E-state index < -0.39 is 0 Å². The van der Waals surface area contributed by atoms with E-state index in [2.05, 4.69) is 16.9 Å². The quantitative estimate of drug-likeness (QED) is 0.788. The molecule has 1 aliphatic rings. The Labute approximate surface area is 113 Å². The highest BCUT2D eigenvalue weighted by Gasteiger charge is 2.35. The van der Waals surface area contributed by atoms with Crippen molar-refractivity contribution in [2.75, 3.05) is 20.2 Å². The topological polar surface area (TPSA) is 73.4 Å². The van der Waals surface area contributed by atoms with Gasteiger partial charge in [0.2, 0.25) is 5.91 Å². The minimum Gasteiger partial charge on any atom is -0.380 e. The zero-order valence-corrected chi connectivity index (χ0v) is 11.6. The highest BCUT2D eigenvalue weighted by molar-refractivity contribution is 5.80. The van der Waals surface area contributed by atoms with Crippen molar-refractivity contribution in [1.82, 2.24) is 14.7 Å². The lowest BCUT2D eigenvalue weighted by Crippen LogP contribution is -2.41. The van der Waals surface area contributed by atoms with Crippen molar-refractivity contribution in [1.29, 1.82) is 0 Å². The Morgan fingerprint density at radius 1 is 1.63 bits per heavy atom. The standard InChI is InChI=1S/C13H22N4O2/c1-3-17-10(4-6-15-17)5-7-16-9-11(19-2)8-12(16)13(14)18/h4,6,11-12H,3,5,7-9H2,1-2H3,(H2,14,18)/t11-,12-/m0/s1. The fourth-order valence-electron chi connectivity index (χ4n) is 2.69. The molecule has 0 radical (unpaired) electrons. The molecule has 1 aromatic rings. The third kappa shape index (κ3) is 3.13. The van der Waals surface area contributed by atoms with E-state index in [-0.39, 0.29) is 18.1 Å². The number of amides is 1. The van der Waals surface area contributed by atoms with Crippen LogP contribution < -0.4 is 5.73 Å². The highest BCUT2D eigenvalue weighted by Crippen LogP contribution is 2.20. The molecule has 1 amide bonds. The number of primary amides is 1. The predicted octanol–water partition coefficient (Wildman–Crippen LogP) is 0.0201. The lowest BCUT2D eigenvalue weighted by molar-refractivity contribution is -0.122. The van der Waals surface area contributed by atoms with E-state index in [0.29, 0.717) is 6.42 Å². The smallest absolute Gasteiger partial charge is 0.234 e. The molecule has 0 aliphatic carbocycles. The molecule has 6 nitrogen and oxygen atoms in total. The van der Waals surface area contributed by atoms with Gasteiger partial charge in [-0.25, -0.2) is 0 Å². The van der Waals surface area contributed by atoms with Gasteiger partial charge in [0.1, 0.15) is 0 Å². The summed E-state index contributed by atoms with van der Waals surface area (Å²) in [5.41, 5.74) is 6.64. The molecule has 1 saturated heterocycles. The van der Waals surface area contributed by atoms with Gasteiger partial charge in [0.25, 0.3) is 0 Å². The molecule has 1 fully saturated rings. The van der Waals surface area contributed by atoms with Gasteiger partial charge >= 0.3 is 0 Å². The van der Waals surface area contributed by atoms with Gasteiger partial charge in [-0.05, 0) is 19.4 Å². The van der Waals surface area contributed by atoms with Gasteiger partial charge < -0.3 is 10.5 Å². The molecule has 2 rings (SSSR count). The van der Waals surface area contributed by atoms with Crippen LogP contribution in [0.4, 0.5) is 0 Å². The van der Waals surface area contributed by atoms with Crippen molar-refractivity contribution in [2.24, 2.45) is 5.73 Å². The van der Waals surface area contributed by atoms with Gasteiger partial charge in [-0.2, -0.15) is 5.10 Å². The number of aryl methyl sites for hydroxylation is 1. The summed E-state index contributed by atoms with van der Waals surface area (Å²) in [6.45, 7) is 4.51. The number of carbonyl (C=O) groups is 1. The van der Waals surface area contributed by atoms with Crippen LogP contribution in [0.2, 0.25) is 0 Å². The van der Waals surface area contributed by atoms with Crippen molar-refractivity contribution >= 4 is 5.91 Å². The molecule has 2 atom stereocenters. The number of aromatic nitrogens is 2. The molecule has 6 heteroatoms. The van der Waals surface area contributed by atoms with Crippen LogP contribution in [0, 0.1) is 0 Å². The highest BCUT2D eigenvalue weighted by atomic mass is 16.5. The minimum atomic E-state index is -0.261. The van der Waals surface area contributed by atoms with Gasteiger partial charge in [-0.1, -0.05) is 0 Å². The van der Waals surface area contributed by atoms with Crippen molar-refractivity contribution in [3.05, 3.63) is 18.0 Å². The van der Waals surface area contributed by atoms with Crippen LogP contribution in [-0.4, -0.2) is 52.9 Å². The second kappa shape index (κ2) is 6.16. The van der Waals surface area contributed by atoms with Crippen LogP contribution in [0.3, 0.4) is 0 Å². The monoisotopic (exact) mass is 266 g/mol. The summed E-state index contributed by atoms with van der Waals surface area (Å²) >= 11 is 0. The van der Waals surface area contributed by atoms with Crippen molar-refractivity contribution in [3.8, 4) is 0 Å². The van der Waals surface area contributed by atoms with E-state index in [9.17, 15) is 4.79 Å². The summed E-state index contributed by atoms with van der Waals surface area (Å²) in [5, 5.41) is 4.25. The van der Waals surface area contributed by atoms with Crippen molar-refractivity contribution in [2.45, 2.75) is 38.5 Å². The van der Waals surface area contributed by atoms with E-state index >= 15 is 0 Å². The first-order chi connectivity index (χ1) is 9.15. The van der Waals surface area contributed by atoms with Crippen LogP contribution >= 0.6 is 0 Å². The van der Waals surface area contributed by atoms with E-state index in [4.69, 9.17) is 10.5 Å². The molecule has 0 bridgehead atoms. The Balaban J connectivity index is 1.96. The van der Waals surface area contributed by atoms with Gasteiger partial charge in [-0.3, -0.25) is 14.4 Å². The molecule has 19 heavy (non-hydrogen) atoms. The van der Waals surface area contributed by atoms with Crippen LogP contribution in [0.5, 0.6) is 0 Å². The second-order valence-electron chi connectivity index (χ2n) is 4.89. The maximum absolute atomic E-state index is 11.5. The van der Waals surface area contributed by atoms with E-state index in [1.165, 1.54) is 5.69 Å². The summed E-state index contributed by atoms with van der Waals surface area (Å²) in [7, 11) is 1.68. The maximum Gasteiger partial charge on any atom is 0.234 e. The first kappa shape index (κ1) is 14.0. The Bertz CT molecular complexity index is 432. The molecule has 2 heterocycles. The zero-order valence-electron chi connectivity index (χ0n) is 11.6. The zero-order chi connectivity index (χ0) is 13.8. The van der Waals surface area contributed by atoms with Gasteiger partial charge in [0.05, 0.1) is 12.1 Å². The summed E-state index contributed by atoms with van der Waals surface area (Å²) in [6, 6.07) is 1.81. The summed E-state index contributed by atoms with van der Waals surface area (Å²) in [4.78, 5) is 13.6. The molecular weight excluding hydrogens is 244 g/mol. The van der Waals surface area contributed by atoms with Gasteiger partial charge in [-0.15, -0.1) is 0 Å². The van der Waals surface area contributed by atoms with E-state index in [1.807, 2.05) is 16.9 Å². The number of hydrogen-bond acceptors (Lipinski definition) is 4. The SMILES string of the molecule is CCn1nccc1CCN1C[C@@H](OC)C[C@H]1C(N)=O. The largest absolute Gasteiger partial charge is 0.380 e. The number of likely N-dealkylation sites (tertiary alicyclic amines) is 1. The van der Waals surface area contributed by atoms with Crippen LogP contribution in [0.1, 0.15) is 19.0 Å². The molecule has 0 spiro atoms. The number of rotatable bonds is 6. The first-order valence-electron chi connectivity index (χ1n) is 6.72. The Morgan fingerprint density at radius 3 is 3.05 bits per heavy atom. The molecule has 106 valence electrons. The van der Waals surface area contributed by atoms with Crippen molar-refractivity contribution < 1.29 is 9.53 Å². The number of hydrogen-bond donors (Lipinski definition) is 1. The average Bonchev–Trinajstić information content (AvgIpc) is 3.02. The number of nitrogens with two attached hydrogens (primary N) is 1.